The first kappa shape index (κ1) is 8.39. The number of carbonyl (C=O) groups is 2. The lowest BCUT2D eigenvalue weighted by molar-refractivity contribution is -0.121. The van der Waals surface area contributed by atoms with Gasteiger partial charge in [-0.15, -0.1) is 0 Å². The summed E-state index contributed by atoms with van der Waals surface area (Å²) < 4.78 is 0. The maximum absolute atomic E-state index is 10.9. The summed E-state index contributed by atoms with van der Waals surface area (Å²) in [5, 5.41) is 5.20. The molecular formula is C6H10N2O2S. The van der Waals surface area contributed by atoms with E-state index in [0.717, 1.165) is 11.5 Å². The molecule has 11 heavy (non-hydrogen) atoms. The molecule has 1 rings (SSSR count). The molecule has 0 saturated carbocycles. The van der Waals surface area contributed by atoms with Crippen LogP contribution in [0.3, 0.4) is 0 Å². The molecule has 0 aromatic rings. The maximum atomic E-state index is 10.9. The minimum Gasteiger partial charge on any atom is -0.338 e. The molecule has 0 spiro atoms. The summed E-state index contributed by atoms with van der Waals surface area (Å²) in [7, 11) is 0. The minimum atomic E-state index is -0.188. The van der Waals surface area contributed by atoms with Crippen LogP contribution < -0.4 is 10.6 Å². The molecule has 1 fully saturated rings. The average molecular weight is 174 g/mol. The quantitative estimate of drug-likeness (QED) is 0.545. The van der Waals surface area contributed by atoms with E-state index in [4.69, 9.17) is 0 Å². The Morgan fingerprint density at radius 1 is 1.73 bits per heavy atom. The number of carbonyl (C=O) groups excluding carboxylic acids is 2. The number of hydrogen-bond acceptors (Lipinski definition) is 3. The third-order valence-electron chi connectivity index (χ3n) is 1.36. The van der Waals surface area contributed by atoms with E-state index in [-0.39, 0.29) is 12.1 Å². The number of hydrogen-bond donors (Lipinski definition) is 2. The molecule has 1 saturated heterocycles. The van der Waals surface area contributed by atoms with Gasteiger partial charge in [0.15, 0.2) is 0 Å². The summed E-state index contributed by atoms with van der Waals surface area (Å²) in [5.41, 5.74) is 0. The van der Waals surface area contributed by atoms with Crippen molar-refractivity contribution in [3.8, 4) is 0 Å². The second-order valence-electron chi connectivity index (χ2n) is 2.23. The zero-order chi connectivity index (χ0) is 8.10. The van der Waals surface area contributed by atoms with E-state index in [0.29, 0.717) is 12.8 Å². The first-order valence-electron chi connectivity index (χ1n) is 3.40. The van der Waals surface area contributed by atoms with Crippen molar-refractivity contribution < 1.29 is 9.59 Å². The molecule has 62 valence electrons. The lowest BCUT2D eigenvalue weighted by Crippen LogP contribution is -2.45. The molecule has 1 aliphatic heterocycles. The van der Waals surface area contributed by atoms with Gasteiger partial charge in [-0.25, -0.2) is 0 Å². The summed E-state index contributed by atoms with van der Waals surface area (Å²) in [6.45, 7) is 0. The molecule has 1 aliphatic rings. The first-order chi connectivity index (χ1) is 5.33. The van der Waals surface area contributed by atoms with Crippen LogP contribution in [0.2, 0.25) is 0 Å². The Bertz CT molecular complexity index is 163. The Morgan fingerprint density at radius 2 is 2.55 bits per heavy atom. The topological polar surface area (TPSA) is 58.2 Å². The van der Waals surface area contributed by atoms with Crippen molar-refractivity contribution in [1.29, 1.82) is 0 Å². The molecule has 0 aromatic heterocycles. The molecule has 0 radical (unpaired) electrons. The monoisotopic (exact) mass is 174 g/mol. The molecule has 1 unspecified atom stereocenters. The highest BCUT2D eigenvalue weighted by atomic mass is 32.2. The lowest BCUT2D eigenvalue weighted by atomic mass is 10.4. The molecule has 2 amide bonds. The van der Waals surface area contributed by atoms with Crippen LogP contribution in [0.15, 0.2) is 0 Å². The summed E-state index contributed by atoms with van der Waals surface area (Å²) in [6, 6.07) is 0. The van der Waals surface area contributed by atoms with Crippen molar-refractivity contribution in [3.63, 3.8) is 0 Å². The van der Waals surface area contributed by atoms with Gasteiger partial charge in [0.05, 0.1) is 0 Å². The minimum absolute atomic E-state index is 0.00866. The molecule has 0 aliphatic carbocycles. The third kappa shape index (κ3) is 2.80. The molecule has 0 bridgehead atoms. The highest BCUT2D eigenvalue weighted by Crippen LogP contribution is 2.07. The molecule has 5 heteroatoms. The van der Waals surface area contributed by atoms with Crippen LogP contribution in [-0.2, 0) is 9.59 Å². The molecule has 1 atom stereocenters. The third-order valence-corrected chi connectivity index (χ3v) is 2.42. The van der Waals surface area contributed by atoms with Gasteiger partial charge in [-0.3, -0.25) is 9.59 Å². The van der Waals surface area contributed by atoms with E-state index < -0.39 is 0 Å². The summed E-state index contributed by atoms with van der Waals surface area (Å²) in [4.78, 5) is 20.9. The Morgan fingerprint density at radius 3 is 3.27 bits per heavy atom. The van der Waals surface area contributed by atoms with E-state index in [2.05, 4.69) is 10.6 Å². The fourth-order valence-corrected chi connectivity index (χ4v) is 1.76. The van der Waals surface area contributed by atoms with E-state index >= 15 is 0 Å². The summed E-state index contributed by atoms with van der Waals surface area (Å²) in [5.74, 6) is 1.60. The highest BCUT2D eigenvalue weighted by Gasteiger charge is 2.14. The molecular weight excluding hydrogens is 164 g/mol. The van der Waals surface area contributed by atoms with Gasteiger partial charge >= 0.3 is 0 Å². The Labute approximate surface area is 69.1 Å². The normalized spacial score (nSPS) is 25.1. The van der Waals surface area contributed by atoms with Crippen LogP contribution in [0.1, 0.15) is 6.42 Å². The zero-order valence-electron chi connectivity index (χ0n) is 6.00. The predicted octanol–water partition coefficient (Wildman–Crippen LogP) is -0.688. The van der Waals surface area contributed by atoms with Crippen molar-refractivity contribution in [2.24, 2.45) is 0 Å². The Balaban J connectivity index is 2.38. The van der Waals surface area contributed by atoms with Crippen molar-refractivity contribution >= 4 is 24.1 Å². The van der Waals surface area contributed by atoms with Gasteiger partial charge < -0.3 is 10.6 Å². The number of thioether (sulfide) groups is 1. The van der Waals surface area contributed by atoms with Gasteiger partial charge in [0.1, 0.15) is 6.17 Å². The van der Waals surface area contributed by atoms with Crippen LogP contribution in [0.5, 0.6) is 0 Å². The van der Waals surface area contributed by atoms with Crippen LogP contribution >= 0.6 is 11.8 Å². The average Bonchev–Trinajstić information content (AvgIpc) is 2.15. The fourth-order valence-electron chi connectivity index (χ4n) is 0.846. The maximum Gasteiger partial charge on any atom is 0.222 e. The molecule has 2 N–H and O–H groups in total. The van der Waals surface area contributed by atoms with E-state index in [1.807, 2.05) is 0 Å². The fraction of sp³-hybridized carbons (Fsp3) is 0.667. The van der Waals surface area contributed by atoms with Crippen molar-refractivity contribution in [2.75, 3.05) is 11.5 Å². The highest BCUT2D eigenvalue weighted by molar-refractivity contribution is 7.99. The van der Waals surface area contributed by atoms with Gasteiger partial charge in [-0.2, -0.15) is 11.8 Å². The number of rotatable bonds is 2. The number of nitrogens with one attached hydrogen (secondary N) is 2. The second kappa shape index (κ2) is 4.23. The standard InChI is InChI=1S/C6H10N2O2S/c9-4-7-5-3-11-2-1-6(10)8-5/h4-5H,1-3H2,(H,7,9)(H,8,10). The lowest BCUT2D eigenvalue weighted by Gasteiger charge is -2.12. The first-order valence-corrected chi connectivity index (χ1v) is 4.55. The van der Waals surface area contributed by atoms with Crippen molar-refractivity contribution in [2.45, 2.75) is 12.6 Å². The number of amides is 2. The van der Waals surface area contributed by atoms with Crippen molar-refractivity contribution in [1.82, 2.24) is 10.6 Å². The Kier molecular flexibility index (Phi) is 3.22. The Hall–Kier alpha value is -0.710. The van der Waals surface area contributed by atoms with Crippen molar-refractivity contribution in [3.05, 3.63) is 0 Å². The van der Waals surface area contributed by atoms with Gasteiger partial charge in [-0.05, 0) is 0 Å². The van der Waals surface area contributed by atoms with Crippen LogP contribution in [0.25, 0.3) is 0 Å². The summed E-state index contributed by atoms with van der Waals surface area (Å²) >= 11 is 1.66. The largest absolute Gasteiger partial charge is 0.338 e. The van der Waals surface area contributed by atoms with Gasteiger partial charge in [0.2, 0.25) is 12.3 Å². The van der Waals surface area contributed by atoms with Gasteiger partial charge in [0, 0.05) is 17.9 Å². The smallest absolute Gasteiger partial charge is 0.222 e. The molecule has 0 aromatic carbocycles. The van der Waals surface area contributed by atoms with Gasteiger partial charge in [0.25, 0.3) is 0 Å². The van der Waals surface area contributed by atoms with Crippen LogP contribution in [0, 0.1) is 0 Å². The van der Waals surface area contributed by atoms with E-state index in [1.165, 1.54) is 0 Å². The SMILES string of the molecule is O=CNC1CSCCC(=O)N1. The van der Waals surface area contributed by atoms with Crippen LogP contribution in [-0.4, -0.2) is 30.0 Å². The molecule has 4 nitrogen and oxygen atoms in total. The molecule has 1 heterocycles. The van der Waals surface area contributed by atoms with E-state index in [9.17, 15) is 9.59 Å². The van der Waals surface area contributed by atoms with E-state index in [1.54, 1.807) is 11.8 Å². The summed E-state index contributed by atoms with van der Waals surface area (Å²) in [6.07, 6.45) is 0.964. The predicted molar refractivity (Wildman–Crippen MR) is 43.1 cm³/mol. The van der Waals surface area contributed by atoms with Gasteiger partial charge in [-0.1, -0.05) is 0 Å². The van der Waals surface area contributed by atoms with Crippen LogP contribution in [0.4, 0.5) is 0 Å². The second-order valence-corrected chi connectivity index (χ2v) is 3.38. The zero-order valence-corrected chi connectivity index (χ0v) is 6.82.